The Morgan fingerprint density at radius 1 is 1.32 bits per heavy atom. The number of rotatable bonds is 3. The summed E-state index contributed by atoms with van der Waals surface area (Å²) in [6.07, 6.45) is 3.52. The minimum atomic E-state index is -0.613. The number of oxazole rings is 1. The molecular weight excluding hydrogens is 252 g/mol. The van der Waals surface area contributed by atoms with Gasteiger partial charge in [0.2, 0.25) is 0 Å². The summed E-state index contributed by atoms with van der Waals surface area (Å²) in [5.41, 5.74) is 0.674. The average Bonchev–Trinajstić information content (AvgIpc) is 2.88. The summed E-state index contributed by atoms with van der Waals surface area (Å²) in [7, 11) is 0. The van der Waals surface area contributed by atoms with Crippen LogP contribution in [0, 0.1) is 10.1 Å². The maximum absolute atomic E-state index is 10.8. The van der Waals surface area contributed by atoms with Gasteiger partial charge in [0, 0.05) is 0 Å². The Kier molecular flexibility index (Phi) is 2.53. The van der Waals surface area contributed by atoms with E-state index in [9.17, 15) is 10.1 Å². The van der Waals surface area contributed by atoms with Crippen LogP contribution in [0.5, 0.6) is 11.6 Å². The molecule has 2 heterocycles. The summed E-state index contributed by atoms with van der Waals surface area (Å²) < 4.78 is 10.5. The number of aromatic nitrogens is 3. The van der Waals surface area contributed by atoms with E-state index in [1.165, 1.54) is 12.7 Å². The summed E-state index contributed by atoms with van der Waals surface area (Å²) in [5, 5.41) is 10.8. The lowest BCUT2D eigenvalue weighted by atomic mass is 10.3. The fourth-order valence-corrected chi connectivity index (χ4v) is 1.56. The largest absolute Gasteiger partial charge is 0.443 e. The lowest BCUT2D eigenvalue weighted by Crippen LogP contribution is -1.97. The first kappa shape index (κ1) is 11.1. The van der Waals surface area contributed by atoms with Gasteiger partial charge >= 0.3 is 11.6 Å². The normalized spacial score (nSPS) is 10.5. The lowest BCUT2D eigenvalue weighted by Gasteiger charge is -2.04. The van der Waals surface area contributed by atoms with Gasteiger partial charge in [0.15, 0.2) is 23.2 Å². The highest BCUT2D eigenvalue weighted by molar-refractivity contribution is 5.79. The number of fused-ring (bicyclic) bond motifs is 1. The molecule has 0 atom stereocenters. The third-order valence-corrected chi connectivity index (χ3v) is 2.38. The summed E-state index contributed by atoms with van der Waals surface area (Å²) >= 11 is 0. The highest BCUT2D eigenvalue weighted by Gasteiger charge is 2.18. The minimum Gasteiger partial charge on any atom is -0.443 e. The van der Waals surface area contributed by atoms with Crippen molar-refractivity contribution in [2.24, 2.45) is 0 Å². The molecule has 0 amide bonds. The second-order valence-corrected chi connectivity index (χ2v) is 3.53. The molecule has 0 spiro atoms. The number of hydrogen-bond donors (Lipinski definition) is 0. The Balaban J connectivity index is 2.06. The second kappa shape index (κ2) is 4.33. The van der Waals surface area contributed by atoms with Gasteiger partial charge in [-0.25, -0.2) is 9.97 Å². The number of nitrogens with zero attached hydrogens (tertiary/aromatic N) is 4. The number of benzene rings is 1. The van der Waals surface area contributed by atoms with Crippen LogP contribution in [0.2, 0.25) is 0 Å². The molecule has 3 rings (SSSR count). The second-order valence-electron chi connectivity index (χ2n) is 3.53. The van der Waals surface area contributed by atoms with E-state index in [2.05, 4.69) is 15.0 Å². The molecule has 8 heteroatoms. The molecule has 0 aliphatic rings. The molecule has 0 unspecified atom stereocenters. The quantitative estimate of drug-likeness (QED) is 0.524. The van der Waals surface area contributed by atoms with Crippen LogP contribution < -0.4 is 4.74 Å². The molecule has 0 aliphatic heterocycles. The average molecular weight is 258 g/mol. The molecule has 2 aromatic heterocycles. The van der Waals surface area contributed by atoms with Gasteiger partial charge in [-0.15, -0.1) is 0 Å². The highest BCUT2D eigenvalue weighted by atomic mass is 16.6. The zero-order valence-corrected chi connectivity index (χ0v) is 9.39. The zero-order chi connectivity index (χ0) is 13.2. The molecule has 0 saturated heterocycles. The Bertz CT molecular complexity index is 755. The highest BCUT2D eigenvalue weighted by Crippen LogP contribution is 2.31. The predicted octanol–water partition coefficient (Wildman–Crippen LogP) is 2.32. The maximum atomic E-state index is 10.8. The number of para-hydroxylation sites is 1. The fraction of sp³-hybridized carbons (Fsp3) is 0. The van der Waals surface area contributed by atoms with E-state index in [0.29, 0.717) is 16.8 Å². The standard InChI is InChI=1S/C11H6N4O4/c16-15(17)7-4-12-5-13-11(7)19-9-3-1-2-8-10(9)14-6-18-8/h1-6H. The molecule has 94 valence electrons. The number of nitro groups is 1. The molecule has 1 aromatic carbocycles. The first-order chi connectivity index (χ1) is 9.25. The lowest BCUT2D eigenvalue weighted by molar-refractivity contribution is -0.386. The van der Waals surface area contributed by atoms with Crippen LogP contribution in [0.15, 0.2) is 41.5 Å². The first-order valence-electron chi connectivity index (χ1n) is 5.20. The van der Waals surface area contributed by atoms with Crippen molar-refractivity contribution >= 4 is 16.8 Å². The topological polar surface area (TPSA) is 104 Å². The third kappa shape index (κ3) is 1.95. The van der Waals surface area contributed by atoms with Gasteiger partial charge in [-0.2, -0.15) is 4.98 Å². The van der Waals surface area contributed by atoms with Crippen molar-refractivity contribution in [2.75, 3.05) is 0 Å². The van der Waals surface area contributed by atoms with Crippen LogP contribution in [0.3, 0.4) is 0 Å². The van der Waals surface area contributed by atoms with E-state index in [1.54, 1.807) is 18.2 Å². The van der Waals surface area contributed by atoms with Gasteiger partial charge in [-0.05, 0) is 12.1 Å². The Hall–Kier alpha value is -3.03. The Labute approximate surface area is 105 Å². The molecule has 8 nitrogen and oxygen atoms in total. The summed E-state index contributed by atoms with van der Waals surface area (Å²) in [4.78, 5) is 21.6. The van der Waals surface area contributed by atoms with Crippen LogP contribution in [0.1, 0.15) is 0 Å². The van der Waals surface area contributed by atoms with Crippen LogP contribution in [-0.4, -0.2) is 19.9 Å². The Morgan fingerprint density at radius 3 is 3.05 bits per heavy atom. The van der Waals surface area contributed by atoms with Crippen LogP contribution in [0.4, 0.5) is 5.69 Å². The van der Waals surface area contributed by atoms with Crippen molar-refractivity contribution in [2.45, 2.75) is 0 Å². The number of ether oxygens (including phenoxy) is 1. The van der Waals surface area contributed by atoms with E-state index in [-0.39, 0.29) is 11.6 Å². The van der Waals surface area contributed by atoms with Crippen molar-refractivity contribution in [1.82, 2.24) is 15.0 Å². The molecule has 0 saturated carbocycles. The molecule has 0 aliphatic carbocycles. The molecule has 0 fully saturated rings. The molecule has 0 bridgehead atoms. The molecule has 3 aromatic rings. The summed E-state index contributed by atoms with van der Waals surface area (Å²) in [6, 6.07) is 5.02. The van der Waals surface area contributed by atoms with Crippen molar-refractivity contribution in [3.63, 3.8) is 0 Å². The summed E-state index contributed by atoms with van der Waals surface area (Å²) in [5.74, 6) is 0.184. The monoisotopic (exact) mass is 258 g/mol. The van der Waals surface area contributed by atoms with Crippen LogP contribution in [0.25, 0.3) is 11.1 Å². The predicted molar refractivity (Wildman–Crippen MR) is 62.8 cm³/mol. The van der Waals surface area contributed by atoms with Crippen molar-refractivity contribution in [3.05, 3.63) is 47.2 Å². The number of hydrogen-bond acceptors (Lipinski definition) is 7. The van der Waals surface area contributed by atoms with Crippen LogP contribution in [-0.2, 0) is 0 Å². The molecular formula is C11H6N4O4. The van der Waals surface area contributed by atoms with Gasteiger partial charge in [0.05, 0.1) is 4.92 Å². The molecule has 19 heavy (non-hydrogen) atoms. The maximum Gasteiger partial charge on any atom is 0.349 e. The van der Waals surface area contributed by atoms with Gasteiger partial charge in [-0.3, -0.25) is 10.1 Å². The van der Waals surface area contributed by atoms with Crippen molar-refractivity contribution < 1.29 is 14.1 Å². The van der Waals surface area contributed by atoms with Gasteiger partial charge in [0.25, 0.3) is 0 Å². The first-order valence-corrected chi connectivity index (χ1v) is 5.20. The molecule has 0 N–H and O–H groups in total. The summed E-state index contributed by atoms with van der Waals surface area (Å²) in [6.45, 7) is 0. The van der Waals surface area contributed by atoms with Gasteiger partial charge in [0.1, 0.15) is 12.5 Å². The Morgan fingerprint density at radius 2 is 2.21 bits per heavy atom. The van der Waals surface area contributed by atoms with Crippen molar-refractivity contribution in [1.29, 1.82) is 0 Å². The van der Waals surface area contributed by atoms with Crippen molar-refractivity contribution in [3.8, 4) is 11.6 Å². The fourth-order valence-electron chi connectivity index (χ4n) is 1.56. The van der Waals surface area contributed by atoms with E-state index in [4.69, 9.17) is 9.15 Å². The van der Waals surface area contributed by atoms with E-state index < -0.39 is 4.92 Å². The third-order valence-electron chi connectivity index (χ3n) is 2.38. The van der Waals surface area contributed by atoms with Gasteiger partial charge in [-0.1, -0.05) is 6.07 Å². The van der Waals surface area contributed by atoms with E-state index in [0.717, 1.165) is 6.20 Å². The van der Waals surface area contributed by atoms with Gasteiger partial charge < -0.3 is 9.15 Å². The minimum absolute atomic E-state index is 0.143. The SMILES string of the molecule is O=[N+]([O-])c1cncnc1Oc1cccc2ocnc12. The van der Waals surface area contributed by atoms with Crippen LogP contribution >= 0.6 is 0 Å². The smallest absolute Gasteiger partial charge is 0.349 e. The zero-order valence-electron chi connectivity index (χ0n) is 9.39. The molecule has 0 radical (unpaired) electrons. The van der Waals surface area contributed by atoms with E-state index >= 15 is 0 Å². The van der Waals surface area contributed by atoms with E-state index in [1.807, 2.05) is 0 Å².